The summed E-state index contributed by atoms with van der Waals surface area (Å²) in [6, 6.07) is 10.9. The molecule has 26 heavy (non-hydrogen) atoms. The number of nitrogens with one attached hydrogen (secondary N) is 3. The van der Waals surface area contributed by atoms with Crippen molar-refractivity contribution in [2.75, 3.05) is 5.32 Å². The first kappa shape index (κ1) is 16.0. The van der Waals surface area contributed by atoms with Crippen LogP contribution in [-0.2, 0) is 9.59 Å². The molecule has 1 unspecified atom stereocenters. The number of anilines is 1. The number of hydrogen-bond acceptors (Lipinski definition) is 4. The molecule has 0 saturated carbocycles. The molecule has 7 nitrogen and oxygen atoms in total. The quantitative estimate of drug-likeness (QED) is 0.674. The molecule has 2 amide bonds. The number of carbonyl (C=O) groups is 2. The van der Waals surface area contributed by atoms with Crippen molar-refractivity contribution in [1.29, 1.82) is 0 Å². The highest BCUT2D eigenvalue weighted by atomic mass is 16.2. The van der Waals surface area contributed by atoms with E-state index in [4.69, 9.17) is 0 Å². The Hall–Kier alpha value is -3.48. The third-order valence-electron chi connectivity index (χ3n) is 4.36. The Morgan fingerprint density at radius 2 is 2.00 bits per heavy atom. The van der Waals surface area contributed by atoms with E-state index in [1.165, 1.54) is 0 Å². The lowest BCUT2D eigenvalue weighted by atomic mass is 10.0. The van der Waals surface area contributed by atoms with Crippen molar-refractivity contribution < 1.29 is 9.59 Å². The normalized spacial score (nSPS) is 16.3. The standard InChI is InChI=1S/C19H17N5O2/c25-17-5-4-16(23-17)19(26)22-14-3-1-2-13(10-14)18-15(11-21-24-18)12-6-8-20-9-7-12/h1-3,6-11,16H,4-5H2,(H,21,24)(H,22,26)(H,23,25). The first-order chi connectivity index (χ1) is 12.7. The Kier molecular flexibility index (Phi) is 4.18. The fourth-order valence-electron chi connectivity index (χ4n) is 3.05. The van der Waals surface area contributed by atoms with Crippen LogP contribution in [-0.4, -0.2) is 33.0 Å². The van der Waals surface area contributed by atoms with Gasteiger partial charge in [-0.25, -0.2) is 0 Å². The third-order valence-corrected chi connectivity index (χ3v) is 4.36. The van der Waals surface area contributed by atoms with Crippen molar-refractivity contribution in [1.82, 2.24) is 20.5 Å². The van der Waals surface area contributed by atoms with Crippen molar-refractivity contribution in [3.05, 3.63) is 55.0 Å². The smallest absolute Gasteiger partial charge is 0.246 e. The first-order valence-corrected chi connectivity index (χ1v) is 8.35. The SMILES string of the molecule is O=C1CCC(C(=O)Nc2cccc(-c3[nH]ncc3-c3ccncc3)c2)N1. The highest BCUT2D eigenvalue weighted by Crippen LogP contribution is 2.31. The zero-order chi connectivity index (χ0) is 17.9. The highest BCUT2D eigenvalue weighted by Gasteiger charge is 2.27. The lowest BCUT2D eigenvalue weighted by Gasteiger charge is -2.12. The highest BCUT2D eigenvalue weighted by molar-refractivity contribution is 5.99. The second-order valence-corrected chi connectivity index (χ2v) is 6.12. The Morgan fingerprint density at radius 1 is 1.15 bits per heavy atom. The van der Waals surface area contributed by atoms with Crippen LogP contribution in [0.2, 0.25) is 0 Å². The van der Waals surface area contributed by atoms with Crippen LogP contribution in [0.15, 0.2) is 55.0 Å². The fourth-order valence-corrected chi connectivity index (χ4v) is 3.05. The van der Waals surface area contributed by atoms with Gasteiger partial charge in [0, 0.05) is 35.6 Å². The molecule has 0 bridgehead atoms. The van der Waals surface area contributed by atoms with Crippen molar-refractivity contribution >= 4 is 17.5 Å². The van der Waals surface area contributed by atoms with E-state index < -0.39 is 6.04 Å². The average molecular weight is 347 g/mol. The zero-order valence-electron chi connectivity index (χ0n) is 13.9. The Labute approximate surface area is 149 Å². The Morgan fingerprint density at radius 3 is 2.77 bits per heavy atom. The molecule has 1 atom stereocenters. The van der Waals surface area contributed by atoms with Gasteiger partial charge >= 0.3 is 0 Å². The molecule has 4 rings (SSSR count). The van der Waals surface area contributed by atoms with Gasteiger partial charge in [-0.3, -0.25) is 19.7 Å². The minimum absolute atomic E-state index is 0.0849. The average Bonchev–Trinajstić information content (AvgIpc) is 3.32. The van der Waals surface area contributed by atoms with E-state index in [9.17, 15) is 9.59 Å². The molecule has 0 aliphatic carbocycles. The Bertz CT molecular complexity index is 951. The Balaban J connectivity index is 1.58. The van der Waals surface area contributed by atoms with Crippen molar-refractivity contribution in [3.63, 3.8) is 0 Å². The number of hydrogen-bond donors (Lipinski definition) is 3. The monoisotopic (exact) mass is 347 g/mol. The summed E-state index contributed by atoms with van der Waals surface area (Å²) < 4.78 is 0. The summed E-state index contributed by atoms with van der Waals surface area (Å²) in [5.41, 5.74) is 4.40. The summed E-state index contributed by atoms with van der Waals surface area (Å²) in [6.45, 7) is 0. The van der Waals surface area contributed by atoms with Crippen molar-refractivity contribution in [2.24, 2.45) is 0 Å². The third kappa shape index (κ3) is 3.19. The molecule has 2 aromatic heterocycles. The minimum Gasteiger partial charge on any atom is -0.344 e. The molecule has 1 aromatic carbocycles. The fraction of sp³-hybridized carbons (Fsp3) is 0.158. The first-order valence-electron chi connectivity index (χ1n) is 8.35. The van der Waals surface area contributed by atoms with E-state index in [2.05, 4.69) is 25.8 Å². The topological polar surface area (TPSA) is 99.8 Å². The summed E-state index contributed by atoms with van der Waals surface area (Å²) >= 11 is 0. The van der Waals surface area contributed by atoms with Crippen LogP contribution in [0.25, 0.3) is 22.4 Å². The number of aromatic nitrogens is 3. The lowest BCUT2D eigenvalue weighted by Crippen LogP contribution is -2.37. The predicted octanol–water partition coefficient (Wildman–Crippen LogP) is 2.36. The number of nitrogens with zero attached hydrogens (tertiary/aromatic N) is 2. The second kappa shape index (κ2) is 6.79. The van der Waals surface area contributed by atoms with Crippen molar-refractivity contribution in [2.45, 2.75) is 18.9 Å². The number of aromatic amines is 1. The van der Waals surface area contributed by atoms with E-state index in [0.717, 1.165) is 22.4 Å². The molecular formula is C19H17N5O2. The number of H-pyrrole nitrogens is 1. The molecule has 1 fully saturated rings. The van der Waals surface area contributed by atoms with Gasteiger partial charge in [-0.1, -0.05) is 12.1 Å². The molecule has 0 spiro atoms. The summed E-state index contributed by atoms with van der Waals surface area (Å²) in [4.78, 5) is 27.6. The van der Waals surface area contributed by atoms with Crippen molar-refractivity contribution in [3.8, 4) is 22.4 Å². The molecule has 3 heterocycles. The minimum atomic E-state index is -0.467. The molecule has 1 saturated heterocycles. The van der Waals surface area contributed by atoms with Gasteiger partial charge in [-0.15, -0.1) is 0 Å². The van der Waals surface area contributed by atoms with Gasteiger partial charge in [-0.05, 0) is 36.2 Å². The van der Waals surface area contributed by atoms with Crippen LogP contribution in [0.3, 0.4) is 0 Å². The van der Waals surface area contributed by atoms with Gasteiger partial charge < -0.3 is 10.6 Å². The van der Waals surface area contributed by atoms with E-state index >= 15 is 0 Å². The molecule has 7 heteroatoms. The molecule has 3 N–H and O–H groups in total. The van der Waals surface area contributed by atoms with Crippen LogP contribution < -0.4 is 10.6 Å². The molecule has 130 valence electrons. The van der Waals surface area contributed by atoms with Gasteiger partial charge in [0.05, 0.1) is 11.9 Å². The van der Waals surface area contributed by atoms with Crippen LogP contribution >= 0.6 is 0 Å². The summed E-state index contributed by atoms with van der Waals surface area (Å²) in [6.07, 6.45) is 6.15. The second-order valence-electron chi connectivity index (χ2n) is 6.12. The van der Waals surface area contributed by atoms with Gasteiger partial charge in [0.25, 0.3) is 0 Å². The van der Waals surface area contributed by atoms with Crippen LogP contribution in [0, 0.1) is 0 Å². The van der Waals surface area contributed by atoms with Crippen LogP contribution in [0.4, 0.5) is 5.69 Å². The predicted molar refractivity (Wildman–Crippen MR) is 97.0 cm³/mol. The van der Waals surface area contributed by atoms with Crippen LogP contribution in [0.1, 0.15) is 12.8 Å². The molecule has 3 aromatic rings. The molecule has 1 aliphatic heterocycles. The number of benzene rings is 1. The maximum atomic E-state index is 12.3. The van der Waals surface area contributed by atoms with Gasteiger partial charge in [0.15, 0.2) is 0 Å². The maximum Gasteiger partial charge on any atom is 0.246 e. The summed E-state index contributed by atoms with van der Waals surface area (Å²) in [5.74, 6) is -0.287. The van der Waals surface area contributed by atoms with Gasteiger partial charge in [0.2, 0.25) is 11.8 Å². The number of carbonyl (C=O) groups excluding carboxylic acids is 2. The zero-order valence-corrected chi connectivity index (χ0v) is 13.9. The van der Waals surface area contributed by atoms with E-state index in [0.29, 0.717) is 18.5 Å². The number of pyridine rings is 1. The molecule has 0 radical (unpaired) electrons. The van der Waals surface area contributed by atoms with Gasteiger partial charge in [0.1, 0.15) is 6.04 Å². The summed E-state index contributed by atoms with van der Waals surface area (Å²) in [7, 11) is 0. The lowest BCUT2D eigenvalue weighted by molar-refractivity contribution is -0.122. The summed E-state index contributed by atoms with van der Waals surface area (Å²) in [5, 5.41) is 12.7. The number of rotatable bonds is 4. The van der Waals surface area contributed by atoms with E-state index in [1.807, 2.05) is 36.4 Å². The van der Waals surface area contributed by atoms with Gasteiger partial charge in [-0.2, -0.15) is 5.10 Å². The molecule has 1 aliphatic rings. The van der Waals surface area contributed by atoms with Crippen LogP contribution in [0.5, 0.6) is 0 Å². The largest absolute Gasteiger partial charge is 0.344 e. The van der Waals surface area contributed by atoms with E-state index in [1.54, 1.807) is 18.6 Å². The maximum absolute atomic E-state index is 12.3. The van der Waals surface area contributed by atoms with E-state index in [-0.39, 0.29) is 11.8 Å². The number of amides is 2. The molecular weight excluding hydrogens is 330 g/mol.